The van der Waals surface area contributed by atoms with Crippen molar-refractivity contribution in [3.05, 3.63) is 16.6 Å². The lowest BCUT2D eigenvalue weighted by Crippen LogP contribution is -2.36. The van der Waals surface area contributed by atoms with E-state index in [0.717, 1.165) is 6.54 Å². The Morgan fingerprint density at radius 2 is 2.15 bits per heavy atom. The highest BCUT2D eigenvalue weighted by Crippen LogP contribution is 2.39. The summed E-state index contributed by atoms with van der Waals surface area (Å²) in [4.78, 5) is 4.42. The van der Waals surface area contributed by atoms with Crippen LogP contribution in [0.4, 0.5) is 0 Å². The average molecular weight is 196 g/mol. The molecule has 1 aromatic rings. The minimum absolute atomic E-state index is 0.229. The summed E-state index contributed by atoms with van der Waals surface area (Å²) in [6, 6.07) is 0. The van der Waals surface area contributed by atoms with Crippen LogP contribution in [0.2, 0.25) is 0 Å². The molecule has 0 atom stereocenters. The van der Waals surface area contributed by atoms with Crippen molar-refractivity contribution in [1.82, 2.24) is 4.98 Å². The molecule has 72 valence electrons. The van der Waals surface area contributed by atoms with Crippen molar-refractivity contribution in [3.8, 4) is 0 Å². The van der Waals surface area contributed by atoms with Gasteiger partial charge in [-0.25, -0.2) is 4.98 Å². The van der Waals surface area contributed by atoms with Gasteiger partial charge in [-0.05, 0) is 12.8 Å². The van der Waals surface area contributed by atoms with Crippen LogP contribution in [0.15, 0.2) is 11.6 Å². The molecule has 13 heavy (non-hydrogen) atoms. The first kappa shape index (κ1) is 9.16. The van der Waals surface area contributed by atoms with E-state index < -0.39 is 0 Å². The van der Waals surface area contributed by atoms with Gasteiger partial charge in [0.15, 0.2) is 0 Å². The molecular formula is C10H16N2S. The molecule has 0 aromatic carbocycles. The van der Waals surface area contributed by atoms with Crippen molar-refractivity contribution < 1.29 is 0 Å². The SMILES string of the molecule is NCC1(c2nccs2)CCCCC1. The van der Waals surface area contributed by atoms with Gasteiger partial charge in [-0.3, -0.25) is 0 Å². The molecule has 0 aliphatic heterocycles. The van der Waals surface area contributed by atoms with Crippen molar-refractivity contribution in [1.29, 1.82) is 0 Å². The molecule has 2 N–H and O–H groups in total. The minimum Gasteiger partial charge on any atom is -0.329 e. The van der Waals surface area contributed by atoms with E-state index in [9.17, 15) is 0 Å². The summed E-state index contributed by atoms with van der Waals surface area (Å²) in [6.07, 6.45) is 8.36. The monoisotopic (exact) mass is 196 g/mol. The van der Waals surface area contributed by atoms with Gasteiger partial charge in [-0.2, -0.15) is 0 Å². The summed E-state index contributed by atoms with van der Waals surface area (Å²) in [6.45, 7) is 0.764. The highest BCUT2D eigenvalue weighted by Gasteiger charge is 2.34. The summed E-state index contributed by atoms with van der Waals surface area (Å²) in [5.41, 5.74) is 6.12. The Morgan fingerprint density at radius 3 is 2.69 bits per heavy atom. The van der Waals surface area contributed by atoms with Crippen LogP contribution < -0.4 is 5.73 Å². The Hall–Kier alpha value is -0.410. The average Bonchev–Trinajstić information content (AvgIpc) is 2.72. The van der Waals surface area contributed by atoms with Gasteiger partial charge in [0.25, 0.3) is 0 Å². The maximum atomic E-state index is 5.90. The van der Waals surface area contributed by atoms with Gasteiger partial charge < -0.3 is 5.73 Å². The number of nitrogens with two attached hydrogens (primary N) is 1. The van der Waals surface area contributed by atoms with Crippen LogP contribution in [0.3, 0.4) is 0 Å². The second-order valence-corrected chi connectivity index (χ2v) is 4.78. The Morgan fingerprint density at radius 1 is 1.38 bits per heavy atom. The predicted octanol–water partition coefficient (Wildman–Crippen LogP) is 2.30. The first-order valence-electron chi connectivity index (χ1n) is 4.97. The molecule has 2 rings (SSSR count). The molecule has 0 saturated heterocycles. The first-order chi connectivity index (χ1) is 6.37. The van der Waals surface area contributed by atoms with Gasteiger partial charge in [-0.15, -0.1) is 11.3 Å². The predicted molar refractivity (Wildman–Crippen MR) is 55.9 cm³/mol. The van der Waals surface area contributed by atoms with Gasteiger partial charge in [0.1, 0.15) is 0 Å². The summed E-state index contributed by atoms with van der Waals surface area (Å²) >= 11 is 1.76. The zero-order chi connectivity index (χ0) is 9.15. The van der Waals surface area contributed by atoms with Crippen LogP contribution in [-0.2, 0) is 5.41 Å². The summed E-state index contributed by atoms with van der Waals surface area (Å²) in [7, 11) is 0. The molecule has 0 unspecified atom stereocenters. The van der Waals surface area contributed by atoms with E-state index in [1.54, 1.807) is 11.3 Å². The van der Waals surface area contributed by atoms with Crippen molar-refractivity contribution in [2.24, 2.45) is 5.73 Å². The second kappa shape index (κ2) is 3.76. The van der Waals surface area contributed by atoms with Crippen LogP contribution in [0.25, 0.3) is 0 Å². The molecule has 1 fully saturated rings. The van der Waals surface area contributed by atoms with Gasteiger partial charge in [0.2, 0.25) is 0 Å². The third kappa shape index (κ3) is 1.63. The summed E-state index contributed by atoms with van der Waals surface area (Å²) in [5.74, 6) is 0. The van der Waals surface area contributed by atoms with E-state index >= 15 is 0 Å². The first-order valence-corrected chi connectivity index (χ1v) is 5.85. The quantitative estimate of drug-likeness (QED) is 0.788. The molecule has 2 nitrogen and oxygen atoms in total. The molecule has 0 spiro atoms. The van der Waals surface area contributed by atoms with Crippen LogP contribution in [0.5, 0.6) is 0 Å². The van der Waals surface area contributed by atoms with Crippen molar-refractivity contribution in [2.75, 3.05) is 6.54 Å². The van der Waals surface area contributed by atoms with E-state index in [0.29, 0.717) is 0 Å². The zero-order valence-electron chi connectivity index (χ0n) is 7.83. The van der Waals surface area contributed by atoms with Gasteiger partial charge in [0, 0.05) is 23.5 Å². The molecule has 1 heterocycles. The van der Waals surface area contributed by atoms with Crippen LogP contribution in [-0.4, -0.2) is 11.5 Å². The van der Waals surface area contributed by atoms with Crippen molar-refractivity contribution in [2.45, 2.75) is 37.5 Å². The number of hydrogen-bond acceptors (Lipinski definition) is 3. The number of aromatic nitrogens is 1. The van der Waals surface area contributed by atoms with Crippen molar-refractivity contribution in [3.63, 3.8) is 0 Å². The molecule has 0 amide bonds. The lowest BCUT2D eigenvalue weighted by Gasteiger charge is -2.34. The molecule has 1 aliphatic rings. The van der Waals surface area contributed by atoms with E-state index in [4.69, 9.17) is 5.73 Å². The third-order valence-corrected chi connectivity index (χ3v) is 4.11. The Kier molecular flexibility index (Phi) is 2.65. The standard InChI is InChI=1S/C10H16N2S/c11-8-10(4-2-1-3-5-10)9-12-6-7-13-9/h6-7H,1-5,8,11H2. The largest absolute Gasteiger partial charge is 0.329 e. The normalized spacial score (nSPS) is 21.6. The number of rotatable bonds is 2. The molecule has 0 bridgehead atoms. The highest BCUT2D eigenvalue weighted by atomic mass is 32.1. The van der Waals surface area contributed by atoms with Gasteiger partial charge in [-0.1, -0.05) is 19.3 Å². The van der Waals surface area contributed by atoms with E-state index in [-0.39, 0.29) is 5.41 Å². The van der Waals surface area contributed by atoms with Crippen LogP contribution in [0, 0.1) is 0 Å². The smallest absolute Gasteiger partial charge is 0.0999 e. The molecule has 1 aliphatic carbocycles. The van der Waals surface area contributed by atoms with Crippen molar-refractivity contribution >= 4 is 11.3 Å². The second-order valence-electron chi connectivity index (χ2n) is 3.88. The fourth-order valence-corrected chi connectivity index (χ4v) is 3.13. The maximum Gasteiger partial charge on any atom is 0.0999 e. The minimum atomic E-state index is 0.229. The summed E-state index contributed by atoms with van der Waals surface area (Å²) in [5, 5.41) is 3.32. The fraction of sp³-hybridized carbons (Fsp3) is 0.700. The molecule has 0 radical (unpaired) electrons. The maximum absolute atomic E-state index is 5.90. The molecular weight excluding hydrogens is 180 g/mol. The van der Waals surface area contributed by atoms with E-state index in [1.807, 2.05) is 6.20 Å². The van der Waals surface area contributed by atoms with Crippen LogP contribution in [0.1, 0.15) is 37.1 Å². The molecule has 1 aromatic heterocycles. The summed E-state index contributed by atoms with van der Waals surface area (Å²) < 4.78 is 0. The molecule has 3 heteroatoms. The van der Waals surface area contributed by atoms with Gasteiger partial charge >= 0.3 is 0 Å². The Balaban J connectivity index is 2.23. The van der Waals surface area contributed by atoms with E-state index in [2.05, 4.69) is 10.4 Å². The molecule has 1 saturated carbocycles. The third-order valence-electron chi connectivity index (χ3n) is 3.09. The van der Waals surface area contributed by atoms with E-state index in [1.165, 1.54) is 37.1 Å². The highest BCUT2D eigenvalue weighted by molar-refractivity contribution is 7.09. The van der Waals surface area contributed by atoms with Gasteiger partial charge in [0.05, 0.1) is 5.01 Å². The lowest BCUT2D eigenvalue weighted by atomic mass is 9.74. The Bertz CT molecular complexity index is 250. The number of hydrogen-bond donors (Lipinski definition) is 1. The van der Waals surface area contributed by atoms with Crippen LogP contribution >= 0.6 is 11.3 Å². The topological polar surface area (TPSA) is 38.9 Å². The lowest BCUT2D eigenvalue weighted by molar-refractivity contribution is 0.300. The zero-order valence-corrected chi connectivity index (χ0v) is 8.65. The number of nitrogens with zero attached hydrogens (tertiary/aromatic N) is 1. The fourth-order valence-electron chi connectivity index (χ4n) is 2.22. The number of thiazole rings is 1. The Labute approximate surface area is 83.2 Å².